The molecule has 7 heteroatoms. The van der Waals surface area contributed by atoms with Gasteiger partial charge in [-0.05, 0) is 55.8 Å². The van der Waals surface area contributed by atoms with Gasteiger partial charge in [-0.15, -0.1) is 0 Å². The molecule has 0 unspecified atom stereocenters. The lowest BCUT2D eigenvalue weighted by molar-refractivity contribution is -0.137. The summed E-state index contributed by atoms with van der Waals surface area (Å²) >= 11 is 0. The predicted molar refractivity (Wildman–Crippen MR) is 91.4 cm³/mol. The van der Waals surface area contributed by atoms with E-state index >= 15 is 0 Å². The Morgan fingerprint density at radius 3 is 2.48 bits per heavy atom. The lowest BCUT2D eigenvalue weighted by atomic mass is 10.2. The molecule has 2 aromatic rings. The lowest BCUT2D eigenvalue weighted by Gasteiger charge is -2.13. The van der Waals surface area contributed by atoms with Gasteiger partial charge in [0.25, 0.3) is 0 Å². The van der Waals surface area contributed by atoms with E-state index in [1.807, 2.05) is 13.8 Å². The van der Waals surface area contributed by atoms with Gasteiger partial charge < -0.3 is 9.47 Å². The van der Waals surface area contributed by atoms with E-state index in [0.29, 0.717) is 17.1 Å². The maximum absolute atomic E-state index is 12.7. The van der Waals surface area contributed by atoms with Crippen LogP contribution in [-0.2, 0) is 6.18 Å². The average Bonchev–Trinajstić information content (AvgIpc) is 2.55. The third-order valence-corrected chi connectivity index (χ3v) is 3.15. The summed E-state index contributed by atoms with van der Waals surface area (Å²) < 4.78 is 48.9. The van der Waals surface area contributed by atoms with Crippen molar-refractivity contribution in [3.05, 3.63) is 53.6 Å². The molecule has 1 N–H and O–H groups in total. The molecule has 0 heterocycles. The second-order valence-electron chi connectivity index (χ2n) is 5.53. The first-order valence-electron chi connectivity index (χ1n) is 7.60. The highest BCUT2D eigenvalue weighted by molar-refractivity contribution is 5.81. The number of benzene rings is 2. The van der Waals surface area contributed by atoms with Crippen LogP contribution in [0.15, 0.2) is 47.6 Å². The van der Waals surface area contributed by atoms with Crippen molar-refractivity contribution < 1.29 is 22.6 Å². The molecular formula is C18H19F3N2O2. The SMILES string of the molecule is COc1cc(C=NNc2cccc(C(F)(F)F)c2)ccc1OC(C)C. The summed E-state index contributed by atoms with van der Waals surface area (Å²) in [6.07, 6.45) is -2.89. The summed E-state index contributed by atoms with van der Waals surface area (Å²) in [5.41, 5.74) is 2.82. The summed E-state index contributed by atoms with van der Waals surface area (Å²) in [6.45, 7) is 3.82. The van der Waals surface area contributed by atoms with Crippen molar-refractivity contribution in [3.63, 3.8) is 0 Å². The van der Waals surface area contributed by atoms with Gasteiger partial charge in [0.05, 0.1) is 30.7 Å². The van der Waals surface area contributed by atoms with Crippen LogP contribution in [0.5, 0.6) is 11.5 Å². The Hall–Kier alpha value is -2.70. The Bertz CT molecular complexity index is 743. The summed E-state index contributed by atoms with van der Waals surface area (Å²) in [5.74, 6) is 1.16. The van der Waals surface area contributed by atoms with Gasteiger partial charge in [0.2, 0.25) is 0 Å². The molecule has 2 rings (SSSR count). The average molecular weight is 352 g/mol. The van der Waals surface area contributed by atoms with Gasteiger partial charge >= 0.3 is 6.18 Å². The highest BCUT2D eigenvalue weighted by Crippen LogP contribution is 2.31. The number of anilines is 1. The molecule has 0 bridgehead atoms. The highest BCUT2D eigenvalue weighted by atomic mass is 19.4. The van der Waals surface area contributed by atoms with Gasteiger partial charge in [0.15, 0.2) is 11.5 Å². The zero-order valence-electron chi connectivity index (χ0n) is 14.1. The monoisotopic (exact) mass is 352 g/mol. The maximum Gasteiger partial charge on any atom is 0.416 e. The molecule has 0 aliphatic heterocycles. The van der Waals surface area contributed by atoms with Gasteiger partial charge in [0.1, 0.15) is 0 Å². The van der Waals surface area contributed by atoms with Crippen LogP contribution in [0, 0.1) is 0 Å². The number of hydrazone groups is 1. The Balaban J connectivity index is 2.10. The zero-order valence-corrected chi connectivity index (χ0v) is 14.1. The van der Waals surface area contributed by atoms with Gasteiger partial charge in [0, 0.05) is 0 Å². The predicted octanol–water partition coefficient (Wildman–Crippen LogP) is 4.95. The zero-order chi connectivity index (χ0) is 18.4. The molecule has 0 saturated carbocycles. The Labute approximate surface area is 144 Å². The van der Waals surface area contributed by atoms with Crippen LogP contribution in [0.4, 0.5) is 18.9 Å². The van der Waals surface area contributed by atoms with E-state index in [2.05, 4.69) is 10.5 Å². The third-order valence-electron chi connectivity index (χ3n) is 3.15. The summed E-state index contributed by atoms with van der Waals surface area (Å²) in [5, 5.41) is 3.96. The highest BCUT2D eigenvalue weighted by Gasteiger charge is 2.30. The van der Waals surface area contributed by atoms with Gasteiger partial charge in [-0.1, -0.05) is 6.07 Å². The normalized spacial score (nSPS) is 11.8. The number of methoxy groups -OCH3 is 1. The molecule has 0 fully saturated rings. The van der Waals surface area contributed by atoms with E-state index < -0.39 is 11.7 Å². The van der Waals surface area contributed by atoms with Crippen molar-refractivity contribution in [1.82, 2.24) is 0 Å². The molecule has 4 nitrogen and oxygen atoms in total. The Kier molecular flexibility index (Phi) is 5.90. The number of hydrogen-bond acceptors (Lipinski definition) is 4. The van der Waals surface area contributed by atoms with Crippen LogP contribution in [-0.4, -0.2) is 19.4 Å². The molecule has 134 valence electrons. The van der Waals surface area contributed by atoms with Crippen LogP contribution in [0.2, 0.25) is 0 Å². The van der Waals surface area contributed by atoms with Crippen molar-refractivity contribution in [3.8, 4) is 11.5 Å². The van der Waals surface area contributed by atoms with Crippen LogP contribution in [0.3, 0.4) is 0 Å². The van der Waals surface area contributed by atoms with Crippen LogP contribution in [0.25, 0.3) is 0 Å². The van der Waals surface area contributed by atoms with Crippen LogP contribution >= 0.6 is 0 Å². The van der Waals surface area contributed by atoms with Crippen molar-refractivity contribution in [2.24, 2.45) is 5.10 Å². The Morgan fingerprint density at radius 2 is 1.84 bits per heavy atom. The van der Waals surface area contributed by atoms with E-state index in [1.54, 1.807) is 18.2 Å². The minimum atomic E-state index is -4.39. The molecule has 2 aromatic carbocycles. The fourth-order valence-electron chi connectivity index (χ4n) is 2.06. The molecule has 0 aromatic heterocycles. The first-order chi connectivity index (χ1) is 11.8. The first-order valence-corrected chi connectivity index (χ1v) is 7.60. The quantitative estimate of drug-likeness (QED) is 0.591. The van der Waals surface area contributed by atoms with E-state index in [4.69, 9.17) is 9.47 Å². The van der Waals surface area contributed by atoms with E-state index in [9.17, 15) is 13.2 Å². The molecule has 25 heavy (non-hydrogen) atoms. The summed E-state index contributed by atoms with van der Waals surface area (Å²) in [4.78, 5) is 0. The Morgan fingerprint density at radius 1 is 1.08 bits per heavy atom. The molecule has 0 saturated heterocycles. The molecule has 0 radical (unpaired) electrons. The minimum absolute atomic E-state index is 0.0102. The standard InChI is InChI=1S/C18H19F3N2O2/c1-12(2)25-16-8-7-13(9-17(16)24-3)11-22-23-15-6-4-5-14(10-15)18(19,20)21/h4-12,23H,1-3H3. The third kappa shape index (κ3) is 5.41. The topological polar surface area (TPSA) is 42.8 Å². The smallest absolute Gasteiger partial charge is 0.416 e. The molecule has 0 atom stereocenters. The molecule has 0 aliphatic rings. The summed E-state index contributed by atoms with van der Waals surface area (Å²) in [7, 11) is 1.53. The molecule has 0 spiro atoms. The van der Waals surface area contributed by atoms with Crippen molar-refractivity contribution in [2.45, 2.75) is 26.1 Å². The van der Waals surface area contributed by atoms with Crippen LogP contribution in [0.1, 0.15) is 25.0 Å². The number of rotatable bonds is 6. The van der Waals surface area contributed by atoms with E-state index in [0.717, 1.165) is 12.1 Å². The minimum Gasteiger partial charge on any atom is -0.493 e. The van der Waals surface area contributed by atoms with E-state index in [-0.39, 0.29) is 11.8 Å². The number of halogens is 3. The van der Waals surface area contributed by atoms with Crippen molar-refractivity contribution in [1.29, 1.82) is 0 Å². The molecule has 0 aliphatic carbocycles. The lowest BCUT2D eigenvalue weighted by Crippen LogP contribution is -2.07. The van der Waals surface area contributed by atoms with Gasteiger partial charge in [-0.25, -0.2) is 0 Å². The fraction of sp³-hybridized carbons (Fsp3) is 0.278. The van der Waals surface area contributed by atoms with Crippen molar-refractivity contribution in [2.75, 3.05) is 12.5 Å². The fourth-order valence-corrected chi connectivity index (χ4v) is 2.06. The largest absolute Gasteiger partial charge is 0.493 e. The first kappa shape index (κ1) is 18.6. The molecule has 0 amide bonds. The summed E-state index contributed by atoms with van der Waals surface area (Å²) in [6, 6.07) is 10.1. The van der Waals surface area contributed by atoms with Gasteiger partial charge in [-0.2, -0.15) is 18.3 Å². The van der Waals surface area contributed by atoms with Gasteiger partial charge in [-0.3, -0.25) is 5.43 Å². The van der Waals surface area contributed by atoms with E-state index in [1.165, 1.54) is 25.5 Å². The number of nitrogens with one attached hydrogen (secondary N) is 1. The second kappa shape index (κ2) is 7.92. The number of nitrogens with zero attached hydrogens (tertiary/aromatic N) is 1. The molecular weight excluding hydrogens is 333 g/mol. The van der Waals surface area contributed by atoms with Crippen LogP contribution < -0.4 is 14.9 Å². The maximum atomic E-state index is 12.7. The van der Waals surface area contributed by atoms with Crippen molar-refractivity contribution >= 4 is 11.9 Å². The number of hydrogen-bond donors (Lipinski definition) is 1. The second-order valence-corrected chi connectivity index (χ2v) is 5.53. The number of alkyl halides is 3. The number of ether oxygens (including phenoxy) is 2.